The molecule has 286 valence electrons. The SMILES string of the molecule is COc1cccc(-c2ncc(Nc3ccc(C)cc3C(=O)O)cc2-c2ccccc2)c1.Cc1ccc(Nc2cnc(N3CCCCCC3)c(C)c2)c(C(=O)O)c1. The maximum atomic E-state index is 11.7. The van der Waals surface area contributed by atoms with Crippen LogP contribution in [0.4, 0.5) is 28.6 Å². The lowest BCUT2D eigenvalue weighted by Crippen LogP contribution is -2.25. The van der Waals surface area contributed by atoms with Gasteiger partial charge in [-0.2, -0.15) is 0 Å². The van der Waals surface area contributed by atoms with Gasteiger partial charge in [0.1, 0.15) is 11.6 Å². The molecule has 1 saturated heterocycles. The largest absolute Gasteiger partial charge is 0.497 e. The van der Waals surface area contributed by atoms with Gasteiger partial charge in [0.2, 0.25) is 0 Å². The first-order valence-electron chi connectivity index (χ1n) is 18.7. The van der Waals surface area contributed by atoms with Gasteiger partial charge in [-0.25, -0.2) is 14.6 Å². The lowest BCUT2D eigenvalue weighted by molar-refractivity contribution is 0.0687. The predicted octanol–water partition coefficient (Wildman–Crippen LogP) is 10.7. The Labute approximate surface area is 327 Å². The number of nitrogens with zero attached hydrogens (tertiary/aromatic N) is 3. The van der Waals surface area contributed by atoms with Crippen molar-refractivity contribution in [2.45, 2.75) is 46.5 Å². The van der Waals surface area contributed by atoms with Crippen LogP contribution in [0.2, 0.25) is 0 Å². The van der Waals surface area contributed by atoms with Crippen LogP contribution in [-0.2, 0) is 0 Å². The molecule has 0 amide bonds. The fraction of sp³-hybridized carbons (Fsp3) is 0.217. The second kappa shape index (κ2) is 18.1. The molecular weight excluding hydrogens is 703 g/mol. The molecule has 0 bridgehead atoms. The van der Waals surface area contributed by atoms with Gasteiger partial charge < -0.3 is 30.5 Å². The minimum Gasteiger partial charge on any atom is -0.497 e. The van der Waals surface area contributed by atoms with Gasteiger partial charge in [-0.1, -0.05) is 78.6 Å². The zero-order chi connectivity index (χ0) is 39.6. The van der Waals surface area contributed by atoms with Crippen molar-refractivity contribution in [1.29, 1.82) is 0 Å². The predicted molar refractivity (Wildman–Crippen MR) is 224 cm³/mol. The highest BCUT2D eigenvalue weighted by molar-refractivity contribution is 5.96. The van der Waals surface area contributed by atoms with E-state index >= 15 is 0 Å². The lowest BCUT2D eigenvalue weighted by atomic mass is 9.98. The number of benzene rings is 4. The summed E-state index contributed by atoms with van der Waals surface area (Å²) < 4.78 is 5.37. The van der Waals surface area contributed by atoms with E-state index in [4.69, 9.17) is 9.72 Å². The number of ether oxygens (including phenoxy) is 1. The van der Waals surface area contributed by atoms with Crippen molar-refractivity contribution in [2.75, 3.05) is 35.7 Å². The Hall–Kier alpha value is -6.68. The topological polar surface area (TPSA) is 137 Å². The third-order valence-electron chi connectivity index (χ3n) is 9.64. The highest BCUT2D eigenvalue weighted by Gasteiger charge is 2.17. The van der Waals surface area contributed by atoms with Gasteiger partial charge in [-0.05, 0) is 93.3 Å². The number of aromatic carboxylic acids is 2. The van der Waals surface area contributed by atoms with Crippen LogP contribution in [0.15, 0.2) is 116 Å². The van der Waals surface area contributed by atoms with Crippen LogP contribution in [0.5, 0.6) is 5.75 Å². The van der Waals surface area contributed by atoms with Gasteiger partial charge >= 0.3 is 11.9 Å². The summed E-state index contributed by atoms with van der Waals surface area (Å²) in [5.41, 5.74) is 9.73. The third kappa shape index (κ3) is 9.70. The molecule has 7 rings (SSSR count). The lowest BCUT2D eigenvalue weighted by Gasteiger charge is -2.23. The van der Waals surface area contributed by atoms with Crippen molar-refractivity contribution >= 4 is 40.5 Å². The van der Waals surface area contributed by atoms with Gasteiger partial charge in [-0.15, -0.1) is 0 Å². The zero-order valence-corrected chi connectivity index (χ0v) is 32.2. The van der Waals surface area contributed by atoms with Gasteiger partial charge in [0, 0.05) is 24.2 Å². The molecule has 3 heterocycles. The van der Waals surface area contributed by atoms with Crippen molar-refractivity contribution in [2.24, 2.45) is 0 Å². The summed E-state index contributed by atoms with van der Waals surface area (Å²) in [6.07, 6.45) is 8.52. The summed E-state index contributed by atoms with van der Waals surface area (Å²) in [5.74, 6) is -0.117. The molecule has 10 heteroatoms. The Morgan fingerprint density at radius 2 is 1.21 bits per heavy atom. The molecule has 0 spiro atoms. The highest BCUT2D eigenvalue weighted by Crippen LogP contribution is 2.35. The Bertz CT molecular complexity index is 2320. The number of carbonyl (C=O) groups is 2. The number of pyridine rings is 2. The summed E-state index contributed by atoms with van der Waals surface area (Å²) >= 11 is 0. The number of nitrogens with one attached hydrogen (secondary N) is 2. The number of aromatic nitrogens is 2. The van der Waals surface area contributed by atoms with Gasteiger partial charge in [0.05, 0.1) is 59.1 Å². The van der Waals surface area contributed by atoms with Crippen molar-refractivity contribution in [1.82, 2.24) is 9.97 Å². The second-order valence-electron chi connectivity index (χ2n) is 13.9. The van der Waals surface area contributed by atoms with E-state index in [9.17, 15) is 19.8 Å². The first kappa shape index (κ1) is 39.0. The Morgan fingerprint density at radius 3 is 1.79 bits per heavy atom. The van der Waals surface area contributed by atoms with Crippen LogP contribution >= 0.6 is 0 Å². The van der Waals surface area contributed by atoms with Crippen molar-refractivity contribution in [3.63, 3.8) is 0 Å². The molecule has 0 radical (unpaired) electrons. The second-order valence-corrected chi connectivity index (χ2v) is 13.9. The van der Waals surface area contributed by atoms with Crippen molar-refractivity contribution in [3.05, 3.63) is 143 Å². The molecule has 4 aromatic carbocycles. The van der Waals surface area contributed by atoms with Gasteiger partial charge in [-0.3, -0.25) is 4.98 Å². The highest BCUT2D eigenvalue weighted by atomic mass is 16.5. The van der Waals surface area contributed by atoms with Crippen LogP contribution in [0.3, 0.4) is 0 Å². The van der Waals surface area contributed by atoms with Crippen LogP contribution < -0.4 is 20.3 Å². The van der Waals surface area contributed by atoms with Gasteiger partial charge in [0.25, 0.3) is 0 Å². The van der Waals surface area contributed by atoms with E-state index in [1.807, 2.05) is 92.7 Å². The van der Waals surface area contributed by atoms with Crippen LogP contribution in [-0.4, -0.2) is 52.3 Å². The number of hydrogen-bond acceptors (Lipinski definition) is 8. The smallest absolute Gasteiger partial charge is 0.337 e. The maximum Gasteiger partial charge on any atom is 0.337 e. The number of aryl methyl sites for hydroxylation is 3. The molecule has 2 aromatic heterocycles. The average molecular weight is 750 g/mol. The first-order chi connectivity index (χ1) is 27.1. The molecule has 10 nitrogen and oxygen atoms in total. The Balaban J connectivity index is 0.000000194. The Morgan fingerprint density at radius 1 is 0.643 bits per heavy atom. The van der Waals surface area contributed by atoms with E-state index in [0.29, 0.717) is 17.1 Å². The van der Waals surface area contributed by atoms with E-state index in [-0.39, 0.29) is 11.1 Å². The molecule has 1 aliphatic rings. The molecule has 0 atom stereocenters. The van der Waals surface area contributed by atoms with Gasteiger partial charge in [0.15, 0.2) is 0 Å². The number of anilines is 5. The third-order valence-corrected chi connectivity index (χ3v) is 9.64. The van der Waals surface area contributed by atoms with E-state index in [1.165, 1.54) is 25.7 Å². The summed E-state index contributed by atoms with van der Waals surface area (Å²) in [4.78, 5) is 34.9. The zero-order valence-electron chi connectivity index (χ0n) is 32.2. The van der Waals surface area contributed by atoms with E-state index in [1.54, 1.807) is 43.8 Å². The normalized spacial score (nSPS) is 12.5. The fourth-order valence-electron chi connectivity index (χ4n) is 6.82. The minimum absolute atomic E-state index is 0.220. The van der Waals surface area contributed by atoms with Crippen LogP contribution in [0.25, 0.3) is 22.4 Å². The molecule has 1 fully saturated rings. The molecule has 1 aliphatic heterocycles. The Kier molecular flexibility index (Phi) is 12.6. The molecule has 56 heavy (non-hydrogen) atoms. The molecule has 0 unspecified atom stereocenters. The van der Waals surface area contributed by atoms with Crippen molar-refractivity contribution in [3.8, 4) is 28.1 Å². The molecule has 0 aliphatic carbocycles. The minimum atomic E-state index is -0.976. The quantitative estimate of drug-likeness (QED) is 0.107. The van der Waals surface area contributed by atoms with Crippen LogP contribution in [0, 0.1) is 20.8 Å². The number of hydrogen-bond donors (Lipinski definition) is 4. The number of carboxylic acids is 2. The van der Waals surface area contributed by atoms with Crippen LogP contribution in [0.1, 0.15) is 63.1 Å². The summed E-state index contributed by atoms with van der Waals surface area (Å²) in [5, 5.41) is 25.4. The molecule has 4 N–H and O–H groups in total. The molecule has 0 saturated carbocycles. The average Bonchev–Trinajstić information content (AvgIpc) is 3.49. The first-order valence-corrected chi connectivity index (χ1v) is 18.7. The standard InChI is InChI=1S/C26H22N2O3.C20H25N3O2/c1-17-11-12-24(23(13-17)26(29)30)28-20-15-22(18-7-4-3-5-8-18)25(27-16-20)19-9-6-10-21(14-19)31-2;1-14-7-8-18(17(11-14)20(24)25)22-16-12-15(2)19(21-13-16)23-9-5-3-4-6-10-23/h3-16,28H,1-2H3,(H,29,30);7-8,11-13,22H,3-6,9-10H2,1-2H3,(H,24,25). The number of carboxylic acid groups (broad SMARTS) is 2. The summed E-state index contributed by atoms with van der Waals surface area (Å²) in [6, 6.07) is 32.5. The fourth-order valence-corrected chi connectivity index (χ4v) is 6.82. The van der Waals surface area contributed by atoms with E-state index < -0.39 is 11.9 Å². The van der Waals surface area contributed by atoms with Crippen molar-refractivity contribution < 1.29 is 24.5 Å². The maximum absolute atomic E-state index is 11.7. The number of methoxy groups -OCH3 is 1. The summed E-state index contributed by atoms with van der Waals surface area (Å²) in [7, 11) is 1.64. The number of rotatable bonds is 10. The van der Waals surface area contributed by atoms with E-state index in [0.717, 1.165) is 69.4 Å². The molecular formula is C46H47N5O5. The monoisotopic (exact) mass is 749 g/mol. The summed E-state index contributed by atoms with van der Waals surface area (Å²) in [6.45, 7) is 7.93. The van der Waals surface area contributed by atoms with E-state index in [2.05, 4.69) is 27.4 Å². The molecule has 6 aromatic rings.